The number of rotatable bonds is 2. The topological polar surface area (TPSA) is 29.1 Å². The summed E-state index contributed by atoms with van der Waals surface area (Å²) in [5.74, 6) is 1.89. The molecule has 0 saturated heterocycles. The highest BCUT2D eigenvalue weighted by Gasteiger charge is 2.56. The molecule has 0 aromatic heterocycles. The van der Waals surface area contributed by atoms with E-state index < -0.39 is 0 Å². The third-order valence-electron chi connectivity index (χ3n) is 4.45. The number of aryl methyl sites for hydroxylation is 2. The number of carbonyl (C=O) groups is 1. The maximum atomic E-state index is 12.3. The number of benzene rings is 1. The summed E-state index contributed by atoms with van der Waals surface area (Å²) in [6.45, 7) is 4.09. The van der Waals surface area contributed by atoms with Gasteiger partial charge in [0.2, 0.25) is 5.91 Å². The Labute approximate surface area is 116 Å². The molecule has 0 bridgehead atoms. The average Bonchev–Trinajstić information content (AvgIpc) is 2.77. The van der Waals surface area contributed by atoms with Crippen LogP contribution in [0.3, 0.4) is 0 Å². The van der Waals surface area contributed by atoms with Gasteiger partial charge in [0.05, 0.1) is 0 Å². The van der Waals surface area contributed by atoms with E-state index in [1.807, 2.05) is 13.8 Å². The number of anilines is 1. The molecule has 1 aromatic carbocycles. The van der Waals surface area contributed by atoms with Crippen LogP contribution in [0.1, 0.15) is 30.4 Å². The number of amides is 1. The molecule has 2 aliphatic carbocycles. The normalized spacial score (nSPS) is 28.9. The summed E-state index contributed by atoms with van der Waals surface area (Å²) in [6.07, 6.45) is 3.82. The van der Waals surface area contributed by atoms with Gasteiger partial charge in [-0.1, -0.05) is 22.4 Å². The Morgan fingerprint density at radius 1 is 1.22 bits per heavy atom. The molecule has 18 heavy (non-hydrogen) atoms. The van der Waals surface area contributed by atoms with E-state index in [1.165, 1.54) is 19.3 Å². The fourth-order valence-corrected chi connectivity index (χ4v) is 4.21. The maximum absolute atomic E-state index is 12.3. The SMILES string of the molecule is Cc1cc(Br)cc(C)c1NC(=O)C1C2CCCC21. The number of fused-ring (bicyclic) bond motifs is 1. The standard InChI is InChI=1S/C15H18BrNO/c1-8-6-10(16)7-9(2)14(8)17-15(18)13-11-4-3-5-12(11)13/h6-7,11-13H,3-5H2,1-2H3,(H,17,18). The molecule has 2 unspecified atom stereocenters. The zero-order chi connectivity index (χ0) is 12.9. The van der Waals surface area contributed by atoms with Crippen LogP contribution in [-0.2, 0) is 4.79 Å². The maximum Gasteiger partial charge on any atom is 0.228 e. The quantitative estimate of drug-likeness (QED) is 0.877. The van der Waals surface area contributed by atoms with Crippen molar-refractivity contribution >= 4 is 27.5 Å². The monoisotopic (exact) mass is 307 g/mol. The van der Waals surface area contributed by atoms with Crippen LogP contribution in [0.15, 0.2) is 16.6 Å². The van der Waals surface area contributed by atoms with Crippen LogP contribution in [0.2, 0.25) is 0 Å². The van der Waals surface area contributed by atoms with Crippen molar-refractivity contribution in [2.45, 2.75) is 33.1 Å². The van der Waals surface area contributed by atoms with Gasteiger partial charge in [-0.15, -0.1) is 0 Å². The molecule has 0 radical (unpaired) electrons. The molecule has 96 valence electrons. The second kappa shape index (κ2) is 4.37. The van der Waals surface area contributed by atoms with Crippen LogP contribution in [-0.4, -0.2) is 5.91 Å². The highest BCUT2D eigenvalue weighted by atomic mass is 79.9. The molecule has 2 fully saturated rings. The molecule has 1 amide bonds. The van der Waals surface area contributed by atoms with Crippen molar-refractivity contribution in [2.75, 3.05) is 5.32 Å². The zero-order valence-corrected chi connectivity index (χ0v) is 12.4. The Morgan fingerprint density at radius 3 is 2.33 bits per heavy atom. The molecule has 1 aromatic rings. The Kier molecular flexibility index (Phi) is 2.97. The van der Waals surface area contributed by atoms with Crippen LogP contribution >= 0.6 is 15.9 Å². The van der Waals surface area contributed by atoms with Gasteiger partial charge in [0.15, 0.2) is 0 Å². The lowest BCUT2D eigenvalue weighted by atomic mass is 10.1. The summed E-state index contributed by atoms with van der Waals surface area (Å²) in [4.78, 5) is 12.3. The zero-order valence-electron chi connectivity index (χ0n) is 10.8. The third-order valence-corrected chi connectivity index (χ3v) is 4.91. The Balaban J connectivity index is 1.75. The van der Waals surface area contributed by atoms with Gasteiger partial charge in [-0.05, 0) is 61.8 Å². The lowest BCUT2D eigenvalue weighted by Gasteiger charge is -2.13. The molecule has 2 atom stereocenters. The highest BCUT2D eigenvalue weighted by Crippen LogP contribution is 2.57. The van der Waals surface area contributed by atoms with Gasteiger partial charge in [-0.2, -0.15) is 0 Å². The van der Waals surface area contributed by atoms with E-state index in [2.05, 4.69) is 33.4 Å². The number of hydrogen-bond donors (Lipinski definition) is 1. The van der Waals surface area contributed by atoms with Crippen LogP contribution in [0, 0.1) is 31.6 Å². The van der Waals surface area contributed by atoms with Crippen molar-refractivity contribution in [3.8, 4) is 0 Å². The second-order valence-corrected chi connectivity index (χ2v) is 6.60. The van der Waals surface area contributed by atoms with Crippen LogP contribution in [0.5, 0.6) is 0 Å². The molecule has 0 spiro atoms. The Hall–Kier alpha value is -0.830. The first-order valence-electron chi connectivity index (χ1n) is 6.65. The molecule has 3 rings (SSSR count). The van der Waals surface area contributed by atoms with E-state index in [4.69, 9.17) is 0 Å². The van der Waals surface area contributed by atoms with Crippen LogP contribution in [0.4, 0.5) is 5.69 Å². The van der Waals surface area contributed by atoms with Crippen LogP contribution < -0.4 is 5.32 Å². The minimum absolute atomic E-state index is 0.234. The summed E-state index contributed by atoms with van der Waals surface area (Å²) < 4.78 is 1.07. The smallest absolute Gasteiger partial charge is 0.228 e. The first-order chi connectivity index (χ1) is 8.58. The molecule has 2 saturated carbocycles. The van der Waals surface area contributed by atoms with Gasteiger partial charge in [0.25, 0.3) is 0 Å². The van der Waals surface area contributed by atoms with Crippen molar-refractivity contribution < 1.29 is 4.79 Å². The molecular formula is C15H18BrNO. The third kappa shape index (κ3) is 1.99. The Morgan fingerprint density at radius 2 is 1.78 bits per heavy atom. The van der Waals surface area contributed by atoms with E-state index in [9.17, 15) is 4.79 Å². The second-order valence-electron chi connectivity index (χ2n) is 5.69. The average molecular weight is 308 g/mol. The fraction of sp³-hybridized carbons (Fsp3) is 0.533. The van der Waals surface area contributed by atoms with E-state index >= 15 is 0 Å². The largest absolute Gasteiger partial charge is 0.325 e. The first kappa shape index (κ1) is 12.2. The predicted molar refractivity (Wildman–Crippen MR) is 76.6 cm³/mol. The van der Waals surface area contributed by atoms with Crippen molar-refractivity contribution in [3.05, 3.63) is 27.7 Å². The van der Waals surface area contributed by atoms with Crippen molar-refractivity contribution in [3.63, 3.8) is 0 Å². The molecule has 2 aliphatic rings. The number of nitrogens with one attached hydrogen (secondary N) is 1. The van der Waals surface area contributed by atoms with E-state index in [0.717, 1.165) is 21.3 Å². The summed E-state index contributed by atoms with van der Waals surface area (Å²) in [5.41, 5.74) is 3.25. The lowest BCUT2D eigenvalue weighted by Crippen LogP contribution is -2.18. The molecule has 0 aliphatic heterocycles. The molecule has 2 nitrogen and oxygen atoms in total. The summed E-state index contributed by atoms with van der Waals surface area (Å²) in [5, 5.41) is 3.14. The summed E-state index contributed by atoms with van der Waals surface area (Å²) >= 11 is 3.48. The van der Waals surface area contributed by atoms with E-state index in [-0.39, 0.29) is 5.91 Å². The van der Waals surface area contributed by atoms with Crippen molar-refractivity contribution in [2.24, 2.45) is 17.8 Å². The number of halogens is 1. The fourth-order valence-electron chi connectivity index (χ4n) is 3.52. The van der Waals surface area contributed by atoms with Gasteiger partial charge in [0, 0.05) is 16.1 Å². The van der Waals surface area contributed by atoms with Crippen LogP contribution in [0.25, 0.3) is 0 Å². The number of carbonyl (C=O) groups excluding carboxylic acids is 1. The van der Waals surface area contributed by atoms with Crippen molar-refractivity contribution in [1.82, 2.24) is 0 Å². The first-order valence-corrected chi connectivity index (χ1v) is 7.45. The number of hydrogen-bond acceptors (Lipinski definition) is 1. The van der Waals surface area contributed by atoms with Gasteiger partial charge in [0.1, 0.15) is 0 Å². The molecule has 3 heteroatoms. The van der Waals surface area contributed by atoms with Gasteiger partial charge in [-0.25, -0.2) is 0 Å². The highest BCUT2D eigenvalue weighted by molar-refractivity contribution is 9.10. The van der Waals surface area contributed by atoms with Crippen molar-refractivity contribution in [1.29, 1.82) is 0 Å². The van der Waals surface area contributed by atoms with Gasteiger partial charge >= 0.3 is 0 Å². The molecular weight excluding hydrogens is 290 g/mol. The molecule has 0 heterocycles. The van der Waals surface area contributed by atoms with Gasteiger partial charge < -0.3 is 5.32 Å². The molecule has 1 N–H and O–H groups in total. The lowest BCUT2D eigenvalue weighted by molar-refractivity contribution is -0.118. The van der Waals surface area contributed by atoms with E-state index in [1.54, 1.807) is 0 Å². The minimum Gasteiger partial charge on any atom is -0.325 e. The predicted octanol–water partition coefficient (Wildman–Crippen LogP) is 4.05. The summed E-state index contributed by atoms with van der Waals surface area (Å²) in [6, 6.07) is 4.10. The van der Waals surface area contributed by atoms with Gasteiger partial charge in [-0.3, -0.25) is 4.79 Å². The Bertz CT molecular complexity index is 478. The van der Waals surface area contributed by atoms with E-state index in [0.29, 0.717) is 17.8 Å². The summed E-state index contributed by atoms with van der Waals surface area (Å²) in [7, 11) is 0. The minimum atomic E-state index is 0.234.